The quantitative estimate of drug-likeness (QED) is 0.113. The maximum absolute atomic E-state index is 12.0. The molecule has 6 nitrogen and oxygen atoms in total. The number of carbonyl (C=O) groups excluding carboxylic acids is 1. The molecular weight excluding hydrogens is 430 g/mol. The highest BCUT2D eigenvalue weighted by Gasteiger charge is 2.11. The Morgan fingerprint density at radius 3 is 1.38 bits per heavy atom. The topological polar surface area (TPSA) is 98.1 Å². The number of nitrogens with zero attached hydrogens (tertiary/aromatic N) is 1. The summed E-state index contributed by atoms with van der Waals surface area (Å²) in [6, 6.07) is 0. The van der Waals surface area contributed by atoms with Crippen LogP contribution in [-0.2, 0) is 9.59 Å². The van der Waals surface area contributed by atoms with E-state index in [1.807, 2.05) is 0 Å². The molecular formula is C28H55NO5. The number of aliphatic carboxylic acids is 1. The Labute approximate surface area is 209 Å². The molecule has 0 radical (unpaired) electrons. The smallest absolute Gasteiger partial charge is 0.300 e. The van der Waals surface area contributed by atoms with Crippen molar-refractivity contribution in [3.05, 3.63) is 12.2 Å². The molecule has 0 bridgehead atoms. The maximum atomic E-state index is 12.0. The lowest BCUT2D eigenvalue weighted by Gasteiger charge is -2.20. The number of aliphatic hydroxyl groups is 2. The van der Waals surface area contributed by atoms with Gasteiger partial charge >= 0.3 is 0 Å². The van der Waals surface area contributed by atoms with Gasteiger partial charge in [-0.2, -0.15) is 0 Å². The standard InChI is InChI=1S/C26H51NO3.C2H4O2/c1-2-3-4-5-6-7-8-9-10-11-12-13-14-15-16-17-18-19-20-21-26(30)27(22-24-28)23-25-29;1-2(3)4/h9-10,28-29H,2-8,11-25H2,1H3;1H3,(H,3,4). The van der Waals surface area contributed by atoms with Crippen molar-refractivity contribution in [1.82, 2.24) is 4.90 Å². The highest BCUT2D eigenvalue weighted by molar-refractivity contribution is 5.76. The van der Waals surface area contributed by atoms with Gasteiger partial charge in [-0.15, -0.1) is 0 Å². The molecule has 0 heterocycles. The van der Waals surface area contributed by atoms with E-state index in [9.17, 15) is 4.79 Å². The first-order valence-corrected chi connectivity index (χ1v) is 13.8. The first kappa shape index (κ1) is 34.8. The first-order chi connectivity index (χ1) is 16.5. The summed E-state index contributed by atoms with van der Waals surface area (Å²) in [4.78, 5) is 22.6. The zero-order chi connectivity index (χ0) is 25.7. The van der Waals surface area contributed by atoms with Crippen LogP contribution in [0.1, 0.15) is 129 Å². The van der Waals surface area contributed by atoms with E-state index in [4.69, 9.17) is 20.1 Å². The molecule has 1 amide bonds. The van der Waals surface area contributed by atoms with Crippen LogP contribution in [0.15, 0.2) is 12.2 Å². The van der Waals surface area contributed by atoms with Crippen LogP contribution in [0.25, 0.3) is 0 Å². The van der Waals surface area contributed by atoms with Crippen molar-refractivity contribution in [3.8, 4) is 0 Å². The van der Waals surface area contributed by atoms with Crippen LogP contribution in [0.5, 0.6) is 0 Å². The summed E-state index contributed by atoms with van der Waals surface area (Å²) in [5, 5.41) is 25.4. The van der Waals surface area contributed by atoms with Crippen LogP contribution in [0.2, 0.25) is 0 Å². The van der Waals surface area contributed by atoms with Gasteiger partial charge in [0.1, 0.15) is 0 Å². The van der Waals surface area contributed by atoms with E-state index in [2.05, 4.69) is 19.1 Å². The molecule has 0 aliphatic heterocycles. The fourth-order valence-corrected chi connectivity index (χ4v) is 3.81. The number of amides is 1. The number of allylic oxidation sites excluding steroid dienone is 2. The van der Waals surface area contributed by atoms with E-state index < -0.39 is 5.97 Å². The highest BCUT2D eigenvalue weighted by atomic mass is 16.4. The van der Waals surface area contributed by atoms with E-state index in [0.717, 1.165) is 19.8 Å². The second kappa shape index (κ2) is 29.6. The lowest BCUT2D eigenvalue weighted by molar-refractivity contribution is -0.134. The summed E-state index contributed by atoms with van der Waals surface area (Å²) >= 11 is 0. The number of hydrogen-bond donors (Lipinski definition) is 3. The lowest BCUT2D eigenvalue weighted by atomic mass is 10.1. The number of rotatable bonds is 23. The molecule has 0 saturated heterocycles. The molecule has 6 heteroatoms. The van der Waals surface area contributed by atoms with Crippen molar-refractivity contribution in [2.75, 3.05) is 26.3 Å². The summed E-state index contributed by atoms with van der Waals surface area (Å²) < 4.78 is 0. The Morgan fingerprint density at radius 2 is 1.00 bits per heavy atom. The minimum atomic E-state index is -0.833. The Bertz CT molecular complexity index is 458. The number of hydrogen-bond acceptors (Lipinski definition) is 4. The van der Waals surface area contributed by atoms with Crippen LogP contribution in [0.4, 0.5) is 0 Å². The molecule has 0 saturated carbocycles. The SMILES string of the molecule is CC(=O)O.CCCCCCCCC=CCCCCCCCCCCCC(=O)N(CCO)CCO. The van der Waals surface area contributed by atoms with E-state index in [1.165, 1.54) is 96.3 Å². The molecule has 0 atom stereocenters. The Balaban J connectivity index is 0. The fraction of sp³-hybridized carbons (Fsp3) is 0.857. The molecule has 0 aromatic heterocycles. The van der Waals surface area contributed by atoms with Crippen molar-refractivity contribution in [2.45, 2.75) is 129 Å². The number of carboxylic acid groups (broad SMARTS) is 1. The van der Waals surface area contributed by atoms with Gasteiger partial charge in [0.2, 0.25) is 5.91 Å². The van der Waals surface area contributed by atoms with E-state index >= 15 is 0 Å². The summed E-state index contributed by atoms with van der Waals surface area (Å²) in [7, 11) is 0. The molecule has 0 aromatic carbocycles. The van der Waals surface area contributed by atoms with Gasteiger partial charge in [-0.1, -0.05) is 96.1 Å². The second-order valence-corrected chi connectivity index (χ2v) is 9.10. The number of unbranched alkanes of at least 4 members (excludes halogenated alkanes) is 15. The minimum Gasteiger partial charge on any atom is -0.481 e. The predicted octanol–water partition coefficient (Wildman–Crippen LogP) is 6.49. The van der Waals surface area contributed by atoms with E-state index in [1.54, 1.807) is 4.90 Å². The van der Waals surface area contributed by atoms with Crippen molar-refractivity contribution >= 4 is 11.9 Å². The second-order valence-electron chi connectivity index (χ2n) is 9.10. The molecule has 0 aliphatic rings. The van der Waals surface area contributed by atoms with Gasteiger partial charge in [0, 0.05) is 26.4 Å². The van der Waals surface area contributed by atoms with Crippen molar-refractivity contribution in [2.24, 2.45) is 0 Å². The van der Waals surface area contributed by atoms with Crippen molar-refractivity contribution in [1.29, 1.82) is 0 Å². The first-order valence-electron chi connectivity index (χ1n) is 13.8. The normalized spacial score (nSPS) is 10.8. The third-order valence-corrected chi connectivity index (χ3v) is 5.74. The maximum Gasteiger partial charge on any atom is 0.300 e. The monoisotopic (exact) mass is 485 g/mol. The molecule has 0 aliphatic carbocycles. The third-order valence-electron chi connectivity index (χ3n) is 5.74. The molecule has 3 N–H and O–H groups in total. The highest BCUT2D eigenvalue weighted by Crippen LogP contribution is 2.13. The van der Waals surface area contributed by atoms with Crippen LogP contribution >= 0.6 is 0 Å². The van der Waals surface area contributed by atoms with Gasteiger partial charge in [0.05, 0.1) is 13.2 Å². The molecule has 0 rings (SSSR count). The zero-order valence-electron chi connectivity index (χ0n) is 22.3. The third kappa shape index (κ3) is 30.6. The number of carboxylic acids is 1. The van der Waals surface area contributed by atoms with Crippen LogP contribution in [0, 0.1) is 0 Å². The molecule has 0 spiro atoms. The predicted molar refractivity (Wildman–Crippen MR) is 142 cm³/mol. The van der Waals surface area contributed by atoms with Crippen molar-refractivity contribution in [3.63, 3.8) is 0 Å². The number of aliphatic hydroxyl groups excluding tert-OH is 2. The minimum absolute atomic E-state index is 0.0405. The largest absolute Gasteiger partial charge is 0.481 e. The molecule has 0 fully saturated rings. The number of carbonyl (C=O) groups is 2. The van der Waals surface area contributed by atoms with Gasteiger partial charge in [-0.3, -0.25) is 9.59 Å². The van der Waals surface area contributed by atoms with Crippen LogP contribution < -0.4 is 0 Å². The summed E-state index contributed by atoms with van der Waals surface area (Å²) in [6.07, 6.45) is 27.3. The average molecular weight is 486 g/mol. The molecule has 202 valence electrons. The fourth-order valence-electron chi connectivity index (χ4n) is 3.81. The van der Waals surface area contributed by atoms with Crippen LogP contribution in [0.3, 0.4) is 0 Å². The van der Waals surface area contributed by atoms with E-state index in [0.29, 0.717) is 19.5 Å². The lowest BCUT2D eigenvalue weighted by Crippen LogP contribution is -2.35. The Hall–Kier alpha value is -1.40. The van der Waals surface area contributed by atoms with Crippen LogP contribution in [-0.4, -0.2) is 58.4 Å². The Kier molecular flexibility index (Phi) is 30.3. The van der Waals surface area contributed by atoms with Crippen molar-refractivity contribution < 1.29 is 24.9 Å². The van der Waals surface area contributed by atoms with Gasteiger partial charge < -0.3 is 20.2 Å². The molecule has 0 aromatic rings. The van der Waals surface area contributed by atoms with Gasteiger partial charge in [0.25, 0.3) is 5.97 Å². The zero-order valence-corrected chi connectivity index (χ0v) is 22.3. The Morgan fingerprint density at radius 1 is 0.647 bits per heavy atom. The summed E-state index contributed by atoms with van der Waals surface area (Å²) in [5.74, 6) is -0.779. The molecule has 34 heavy (non-hydrogen) atoms. The summed E-state index contributed by atoms with van der Waals surface area (Å²) in [6.45, 7) is 3.93. The van der Waals surface area contributed by atoms with E-state index in [-0.39, 0.29) is 19.1 Å². The van der Waals surface area contributed by atoms with Gasteiger partial charge in [-0.05, 0) is 32.1 Å². The average Bonchev–Trinajstić information content (AvgIpc) is 2.80. The molecule has 0 unspecified atom stereocenters. The van der Waals surface area contributed by atoms with Gasteiger partial charge in [0.15, 0.2) is 0 Å². The summed E-state index contributed by atoms with van der Waals surface area (Å²) in [5.41, 5.74) is 0. The van der Waals surface area contributed by atoms with Gasteiger partial charge in [-0.25, -0.2) is 0 Å².